The number of carbonyl (C=O) groups is 1. The SMILES string of the molecule is CCCNC(C(=O)OC)c1ccc(C)c(C)c1. The predicted molar refractivity (Wildman–Crippen MR) is 69.0 cm³/mol. The third-order valence-corrected chi connectivity index (χ3v) is 2.90. The lowest BCUT2D eigenvalue weighted by molar-refractivity contribution is -0.143. The second-order valence-corrected chi connectivity index (χ2v) is 4.25. The lowest BCUT2D eigenvalue weighted by atomic mass is 10.0. The fraction of sp³-hybridized carbons (Fsp3) is 0.500. The Bertz CT molecular complexity index is 388. The van der Waals surface area contributed by atoms with Crippen LogP contribution in [-0.4, -0.2) is 19.6 Å². The molecule has 0 saturated heterocycles. The summed E-state index contributed by atoms with van der Waals surface area (Å²) in [5, 5.41) is 3.21. The number of benzene rings is 1. The Morgan fingerprint density at radius 2 is 2.06 bits per heavy atom. The Kier molecular flexibility index (Phi) is 5.16. The van der Waals surface area contributed by atoms with Gasteiger partial charge in [-0.2, -0.15) is 0 Å². The molecule has 0 spiro atoms. The Labute approximate surface area is 103 Å². The van der Waals surface area contributed by atoms with E-state index < -0.39 is 0 Å². The third-order valence-electron chi connectivity index (χ3n) is 2.90. The van der Waals surface area contributed by atoms with Crippen molar-refractivity contribution in [2.45, 2.75) is 33.2 Å². The van der Waals surface area contributed by atoms with Crippen molar-refractivity contribution in [3.05, 3.63) is 34.9 Å². The van der Waals surface area contributed by atoms with Crippen LogP contribution in [0.4, 0.5) is 0 Å². The summed E-state index contributed by atoms with van der Waals surface area (Å²) >= 11 is 0. The Morgan fingerprint density at radius 1 is 1.35 bits per heavy atom. The van der Waals surface area contributed by atoms with Crippen molar-refractivity contribution in [1.29, 1.82) is 0 Å². The van der Waals surface area contributed by atoms with E-state index in [0.717, 1.165) is 18.5 Å². The normalized spacial score (nSPS) is 12.2. The lowest BCUT2D eigenvalue weighted by Gasteiger charge is -2.17. The van der Waals surface area contributed by atoms with E-state index in [1.54, 1.807) is 0 Å². The number of nitrogens with one attached hydrogen (secondary N) is 1. The van der Waals surface area contributed by atoms with Crippen molar-refractivity contribution < 1.29 is 9.53 Å². The summed E-state index contributed by atoms with van der Waals surface area (Å²) in [6.45, 7) is 6.98. The van der Waals surface area contributed by atoms with Crippen LogP contribution < -0.4 is 5.32 Å². The maximum Gasteiger partial charge on any atom is 0.327 e. The molecule has 0 aliphatic carbocycles. The minimum absolute atomic E-state index is 0.235. The van der Waals surface area contributed by atoms with Crippen LogP contribution in [0.15, 0.2) is 18.2 Å². The average molecular weight is 235 g/mol. The molecule has 0 saturated carbocycles. The first kappa shape index (κ1) is 13.7. The molecule has 0 bridgehead atoms. The van der Waals surface area contributed by atoms with E-state index in [9.17, 15) is 4.79 Å². The summed E-state index contributed by atoms with van der Waals surface area (Å²) < 4.78 is 4.83. The highest BCUT2D eigenvalue weighted by Gasteiger charge is 2.20. The van der Waals surface area contributed by atoms with E-state index in [4.69, 9.17) is 4.74 Å². The van der Waals surface area contributed by atoms with Crippen molar-refractivity contribution in [2.24, 2.45) is 0 Å². The molecule has 1 atom stereocenters. The first-order chi connectivity index (χ1) is 8.10. The standard InChI is InChI=1S/C14H21NO2/c1-5-8-15-13(14(16)17-4)12-7-6-10(2)11(3)9-12/h6-7,9,13,15H,5,8H2,1-4H3. The summed E-state index contributed by atoms with van der Waals surface area (Å²) in [5.41, 5.74) is 3.39. The van der Waals surface area contributed by atoms with Crippen LogP contribution in [-0.2, 0) is 9.53 Å². The van der Waals surface area contributed by atoms with Crippen LogP contribution in [0, 0.1) is 13.8 Å². The number of methoxy groups -OCH3 is 1. The molecule has 3 nitrogen and oxygen atoms in total. The van der Waals surface area contributed by atoms with Gasteiger partial charge in [-0.3, -0.25) is 0 Å². The number of carbonyl (C=O) groups excluding carboxylic acids is 1. The summed E-state index contributed by atoms with van der Waals surface area (Å²) in [4.78, 5) is 11.7. The molecule has 0 aromatic heterocycles. The molecule has 0 amide bonds. The molecular formula is C14H21NO2. The first-order valence-corrected chi connectivity index (χ1v) is 5.98. The van der Waals surface area contributed by atoms with E-state index in [-0.39, 0.29) is 12.0 Å². The Hall–Kier alpha value is -1.35. The number of hydrogen-bond donors (Lipinski definition) is 1. The highest BCUT2D eigenvalue weighted by Crippen LogP contribution is 2.18. The molecule has 1 unspecified atom stereocenters. The van der Waals surface area contributed by atoms with E-state index in [1.807, 2.05) is 25.1 Å². The average Bonchev–Trinajstić information content (AvgIpc) is 2.33. The summed E-state index contributed by atoms with van der Waals surface area (Å²) in [5.74, 6) is -0.235. The molecule has 3 heteroatoms. The van der Waals surface area contributed by atoms with Gasteiger partial charge < -0.3 is 10.1 Å². The highest BCUT2D eigenvalue weighted by atomic mass is 16.5. The number of aryl methyl sites for hydroxylation is 2. The molecule has 1 N–H and O–H groups in total. The first-order valence-electron chi connectivity index (χ1n) is 5.98. The van der Waals surface area contributed by atoms with Crippen LogP contribution in [0.2, 0.25) is 0 Å². The van der Waals surface area contributed by atoms with Gasteiger partial charge in [0.25, 0.3) is 0 Å². The Morgan fingerprint density at radius 3 is 2.59 bits per heavy atom. The molecule has 0 fully saturated rings. The quantitative estimate of drug-likeness (QED) is 0.797. The summed E-state index contributed by atoms with van der Waals surface area (Å²) in [6, 6.07) is 5.69. The van der Waals surface area contributed by atoms with Crippen molar-refractivity contribution >= 4 is 5.97 Å². The van der Waals surface area contributed by atoms with Crippen molar-refractivity contribution in [1.82, 2.24) is 5.32 Å². The zero-order valence-electron chi connectivity index (χ0n) is 11.0. The summed E-state index contributed by atoms with van der Waals surface area (Å²) in [7, 11) is 1.42. The molecular weight excluding hydrogens is 214 g/mol. The van der Waals surface area contributed by atoms with Gasteiger partial charge in [0.1, 0.15) is 6.04 Å². The van der Waals surface area contributed by atoms with Gasteiger partial charge in [-0.05, 0) is 43.5 Å². The molecule has 94 valence electrons. The maximum atomic E-state index is 11.7. The van der Waals surface area contributed by atoms with Gasteiger partial charge in [0.05, 0.1) is 7.11 Å². The van der Waals surface area contributed by atoms with Crippen molar-refractivity contribution in [3.8, 4) is 0 Å². The number of ether oxygens (including phenoxy) is 1. The van der Waals surface area contributed by atoms with Gasteiger partial charge in [0.2, 0.25) is 0 Å². The number of rotatable bonds is 5. The van der Waals surface area contributed by atoms with Crippen LogP contribution in [0.25, 0.3) is 0 Å². The summed E-state index contributed by atoms with van der Waals surface area (Å²) in [6.07, 6.45) is 0.984. The largest absolute Gasteiger partial charge is 0.468 e. The van der Waals surface area contributed by atoms with Gasteiger partial charge in [0.15, 0.2) is 0 Å². The van der Waals surface area contributed by atoms with Gasteiger partial charge in [-0.15, -0.1) is 0 Å². The van der Waals surface area contributed by atoms with Gasteiger partial charge >= 0.3 is 5.97 Å². The van der Waals surface area contributed by atoms with Crippen molar-refractivity contribution in [2.75, 3.05) is 13.7 Å². The van der Waals surface area contributed by atoms with Gasteiger partial charge in [-0.25, -0.2) is 4.79 Å². The maximum absolute atomic E-state index is 11.7. The molecule has 17 heavy (non-hydrogen) atoms. The second-order valence-electron chi connectivity index (χ2n) is 4.25. The number of hydrogen-bond acceptors (Lipinski definition) is 3. The van der Waals surface area contributed by atoms with Gasteiger partial charge in [0, 0.05) is 0 Å². The van der Waals surface area contributed by atoms with Crippen LogP contribution in [0.1, 0.15) is 36.1 Å². The van der Waals surface area contributed by atoms with Crippen LogP contribution in [0.5, 0.6) is 0 Å². The fourth-order valence-corrected chi connectivity index (χ4v) is 1.69. The van der Waals surface area contributed by atoms with E-state index in [2.05, 4.69) is 19.2 Å². The minimum atomic E-state index is -0.362. The lowest BCUT2D eigenvalue weighted by Crippen LogP contribution is -2.30. The topological polar surface area (TPSA) is 38.3 Å². The van der Waals surface area contributed by atoms with E-state index in [0.29, 0.717) is 0 Å². The molecule has 1 aromatic rings. The fourth-order valence-electron chi connectivity index (χ4n) is 1.69. The molecule has 1 aromatic carbocycles. The van der Waals surface area contributed by atoms with Crippen LogP contribution in [0.3, 0.4) is 0 Å². The third kappa shape index (κ3) is 3.56. The smallest absolute Gasteiger partial charge is 0.327 e. The van der Waals surface area contributed by atoms with E-state index >= 15 is 0 Å². The monoisotopic (exact) mass is 235 g/mol. The second kappa shape index (κ2) is 6.40. The molecule has 0 heterocycles. The zero-order valence-corrected chi connectivity index (χ0v) is 11.0. The zero-order chi connectivity index (χ0) is 12.8. The van der Waals surface area contributed by atoms with Crippen molar-refractivity contribution in [3.63, 3.8) is 0 Å². The highest BCUT2D eigenvalue weighted by molar-refractivity contribution is 5.77. The molecule has 0 radical (unpaired) electrons. The number of esters is 1. The van der Waals surface area contributed by atoms with Gasteiger partial charge in [-0.1, -0.05) is 25.1 Å². The molecule has 0 aliphatic heterocycles. The predicted octanol–water partition coefficient (Wildman–Crippen LogP) is 2.52. The van der Waals surface area contributed by atoms with Crippen LogP contribution >= 0.6 is 0 Å². The minimum Gasteiger partial charge on any atom is -0.468 e. The van der Waals surface area contributed by atoms with E-state index in [1.165, 1.54) is 18.2 Å². The molecule has 0 aliphatic rings. The Balaban J connectivity index is 2.95. The molecule has 1 rings (SSSR count).